The fraction of sp³-hybridized carbons (Fsp3) is 0.414. The number of hydrogen-bond acceptors (Lipinski definition) is 7. The minimum Gasteiger partial charge on any atom is -0.467 e. The van der Waals surface area contributed by atoms with Gasteiger partial charge in [-0.15, -0.1) is 0 Å². The van der Waals surface area contributed by atoms with Crippen LogP contribution >= 0.6 is 0 Å². The number of carbonyl (C=O) groups excluding carboxylic acids is 4. The van der Waals surface area contributed by atoms with Crippen molar-refractivity contribution >= 4 is 34.6 Å². The van der Waals surface area contributed by atoms with Crippen LogP contribution in [-0.2, 0) is 25.5 Å². The van der Waals surface area contributed by atoms with Crippen molar-refractivity contribution in [3.8, 4) is 0 Å². The number of piperidine rings is 1. The van der Waals surface area contributed by atoms with Crippen LogP contribution in [0.1, 0.15) is 28.8 Å². The van der Waals surface area contributed by atoms with Crippen LogP contribution in [0.25, 0.3) is 10.9 Å². The number of nitrogens with zero attached hydrogens (tertiary/aromatic N) is 3. The number of nitrogens with one attached hydrogen (secondary N) is 3. The standard InChI is InChI=1S/C29H34N6O5/c1-40-29(39)24(15-21-17-32-23-7-3-2-6-22(21)23)33-26(36)25-18-34(27(37)20-5-4-10-31-16-20)13-14-35(25)28(38)19-8-11-30-12-9-19/h2-7,10,16-17,19,24-25,30,32H,8-9,11-15,18H2,1H3,(H,33,36)/t24-,25+/m1/s1. The summed E-state index contributed by atoms with van der Waals surface area (Å²) in [5.41, 5.74) is 2.18. The van der Waals surface area contributed by atoms with E-state index in [0.29, 0.717) is 24.9 Å². The van der Waals surface area contributed by atoms with E-state index < -0.39 is 24.0 Å². The van der Waals surface area contributed by atoms with E-state index in [1.165, 1.54) is 13.3 Å². The van der Waals surface area contributed by atoms with Crippen LogP contribution in [-0.4, -0.2) is 95.4 Å². The molecule has 0 bridgehead atoms. The van der Waals surface area contributed by atoms with Gasteiger partial charge in [-0.05, 0) is 49.7 Å². The van der Waals surface area contributed by atoms with Gasteiger partial charge in [-0.2, -0.15) is 0 Å². The number of para-hydroxylation sites is 1. The van der Waals surface area contributed by atoms with Crippen molar-refractivity contribution in [1.29, 1.82) is 0 Å². The third-order valence-electron chi connectivity index (χ3n) is 7.75. The number of carbonyl (C=O) groups is 4. The van der Waals surface area contributed by atoms with Crippen molar-refractivity contribution in [1.82, 2.24) is 30.4 Å². The summed E-state index contributed by atoms with van der Waals surface area (Å²) in [6.07, 6.45) is 6.47. The van der Waals surface area contributed by atoms with Crippen LogP contribution in [0.2, 0.25) is 0 Å². The molecule has 2 aliphatic rings. The van der Waals surface area contributed by atoms with Gasteiger partial charge in [0.15, 0.2) is 0 Å². The Kier molecular flexibility index (Phi) is 8.40. The molecule has 3 N–H and O–H groups in total. The van der Waals surface area contributed by atoms with Crippen LogP contribution in [0, 0.1) is 5.92 Å². The molecule has 0 unspecified atom stereocenters. The van der Waals surface area contributed by atoms with Crippen molar-refractivity contribution in [2.45, 2.75) is 31.3 Å². The van der Waals surface area contributed by atoms with Gasteiger partial charge in [0.05, 0.1) is 19.2 Å². The van der Waals surface area contributed by atoms with Gasteiger partial charge < -0.3 is 30.2 Å². The second kappa shape index (κ2) is 12.3. The minimum absolute atomic E-state index is 0.0112. The molecule has 3 amide bonds. The lowest BCUT2D eigenvalue weighted by molar-refractivity contribution is -0.149. The Morgan fingerprint density at radius 2 is 1.90 bits per heavy atom. The van der Waals surface area contributed by atoms with Gasteiger partial charge in [0.2, 0.25) is 11.8 Å². The maximum Gasteiger partial charge on any atom is 0.328 e. The first-order valence-electron chi connectivity index (χ1n) is 13.6. The third-order valence-corrected chi connectivity index (χ3v) is 7.75. The highest BCUT2D eigenvalue weighted by atomic mass is 16.5. The van der Waals surface area contributed by atoms with Crippen LogP contribution in [0.4, 0.5) is 0 Å². The number of esters is 1. The number of methoxy groups -OCH3 is 1. The first kappa shape index (κ1) is 27.3. The molecule has 2 aliphatic heterocycles. The molecule has 4 heterocycles. The average Bonchev–Trinajstić information content (AvgIpc) is 3.42. The number of fused-ring (bicyclic) bond motifs is 1. The van der Waals surface area contributed by atoms with E-state index in [1.807, 2.05) is 30.5 Å². The third kappa shape index (κ3) is 5.84. The quantitative estimate of drug-likeness (QED) is 0.378. The molecule has 2 atom stereocenters. The Balaban J connectivity index is 1.38. The van der Waals surface area contributed by atoms with Crippen molar-refractivity contribution in [3.63, 3.8) is 0 Å². The molecular weight excluding hydrogens is 512 g/mol. The molecule has 0 spiro atoms. The predicted octanol–water partition coefficient (Wildman–Crippen LogP) is 1.12. The lowest BCUT2D eigenvalue weighted by atomic mass is 9.95. The molecule has 2 aromatic heterocycles. The van der Waals surface area contributed by atoms with Crippen molar-refractivity contribution in [3.05, 3.63) is 66.1 Å². The fourth-order valence-electron chi connectivity index (χ4n) is 5.55. The highest BCUT2D eigenvalue weighted by Gasteiger charge is 2.40. The Morgan fingerprint density at radius 3 is 2.65 bits per heavy atom. The summed E-state index contributed by atoms with van der Waals surface area (Å²) >= 11 is 0. The number of pyridine rings is 1. The summed E-state index contributed by atoms with van der Waals surface area (Å²) < 4.78 is 5.03. The Hall–Kier alpha value is -4.25. The molecule has 0 aliphatic carbocycles. The molecule has 11 heteroatoms. The van der Waals surface area contributed by atoms with Gasteiger partial charge in [-0.3, -0.25) is 19.4 Å². The molecule has 0 radical (unpaired) electrons. The monoisotopic (exact) mass is 546 g/mol. The highest BCUT2D eigenvalue weighted by molar-refractivity contribution is 5.96. The van der Waals surface area contributed by atoms with Gasteiger partial charge in [0.1, 0.15) is 12.1 Å². The molecule has 5 rings (SSSR count). The number of H-pyrrole nitrogens is 1. The SMILES string of the molecule is COC(=O)[C@@H](Cc1c[nH]c2ccccc12)NC(=O)[C@@H]1CN(C(=O)c2cccnc2)CCN1C(=O)C1CCNCC1. The van der Waals surface area contributed by atoms with E-state index in [2.05, 4.69) is 20.6 Å². The predicted molar refractivity (Wildman–Crippen MR) is 147 cm³/mol. The van der Waals surface area contributed by atoms with Gasteiger partial charge >= 0.3 is 5.97 Å². The zero-order valence-electron chi connectivity index (χ0n) is 22.5. The first-order valence-corrected chi connectivity index (χ1v) is 13.6. The molecule has 210 valence electrons. The summed E-state index contributed by atoms with van der Waals surface area (Å²) in [5, 5.41) is 7.05. The number of hydrogen-bond donors (Lipinski definition) is 3. The van der Waals surface area contributed by atoms with E-state index in [4.69, 9.17) is 4.74 Å². The van der Waals surface area contributed by atoms with Gasteiger partial charge in [-0.25, -0.2) is 4.79 Å². The molecule has 3 aromatic rings. The lowest BCUT2D eigenvalue weighted by Gasteiger charge is -2.42. The zero-order valence-corrected chi connectivity index (χ0v) is 22.5. The van der Waals surface area contributed by atoms with Crippen molar-refractivity contribution < 1.29 is 23.9 Å². The largest absolute Gasteiger partial charge is 0.467 e. The number of rotatable bonds is 7. The van der Waals surface area contributed by atoms with E-state index in [1.54, 1.807) is 28.1 Å². The summed E-state index contributed by atoms with van der Waals surface area (Å²) in [4.78, 5) is 63.8. The molecule has 0 saturated carbocycles. The molecule has 1 aromatic carbocycles. The summed E-state index contributed by atoms with van der Waals surface area (Å²) in [6.45, 7) is 2.00. The van der Waals surface area contributed by atoms with Crippen LogP contribution in [0.15, 0.2) is 55.0 Å². The zero-order chi connectivity index (χ0) is 28.1. The number of aromatic nitrogens is 2. The number of ether oxygens (including phenoxy) is 1. The molecule has 11 nitrogen and oxygen atoms in total. The number of aromatic amines is 1. The van der Waals surface area contributed by atoms with Gasteiger partial charge in [0, 0.05) is 54.9 Å². The van der Waals surface area contributed by atoms with Crippen LogP contribution in [0.5, 0.6) is 0 Å². The Morgan fingerprint density at radius 1 is 1.10 bits per heavy atom. The Labute approximate surface area is 232 Å². The maximum atomic E-state index is 13.8. The second-order valence-electron chi connectivity index (χ2n) is 10.2. The summed E-state index contributed by atoms with van der Waals surface area (Å²) in [5.74, 6) is -1.64. The van der Waals surface area contributed by atoms with Crippen LogP contribution < -0.4 is 10.6 Å². The number of piperazine rings is 1. The maximum absolute atomic E-state index is 13.8. The van der Waals surface area contributed by atoms with E-state index in [-0.39, 0.29) is 37.2 Å². The second-order valence-corrected chi connectivity index (χ2v) is 10.2. The van der Waals surface area contributed by atoms with Gasteiger partial charge in [-0.1, -0.05) is 18.2 Å². The first-order chi connectivity index (χ1) is 19.5. The topological polar surface area (TPSA) is 137 Å². The average molecular weight is 547 g/mol. The van der Waals surface area contributed by atoms with E-state index >= 15 is 0 Å². The van der Waals surface area contributed by atoms with E-state index in [9.17, 15) is 19.2 Å². The van der Waals surface area contributed by atoms with Crippen LogP contribution in [0.3, 0.4) is 0 Å². The molecule has 40 heavy (non-hydrogen) atoms. The van der Waals surface area contributed by atoms with Gasteiger partial charge in [0.25, 0.3) is 5.91 Å². The number of amides is 3. The molecular formula is C29H34N6O5. The summed E-state index contributed by atoms with van der Waals surface area (Å²) in [7, 11) is 1.28. The fourth-order valence-corrected chi connectivity index (χ4v) is 5.55. The minimum atomic E-state index is -0.975. The highest BCUT2D eigenvalue weighted by Crippen LogP contribution is 2.22. The number of benzene rings is 1. The Bertz CT molecular complexity index is 1370. The normalized spacial score (nSPS) is 18.8. The van der Waals surface area contributed by atoms with E-state index in [0.717, 1.165) is 29.6 Å². The van der Waals surface area contributed by atoms with Crippen molar-refractivity contribution in [2.24, 2.45) is 5.92 Å². The molecule has 2 saturated heterocycles. The lowest BCUT2D eigenvalue weighted by Crippen LogP contribution is -2.64. The smallest absolute Gasteiger partial charge is 0.328 e. The van der Waals surface area contributed by atoms with Crippen molar-refractivity contribution in [2.75, 3.05) is 39.8 Å². The molecule has 2 fully saturated rings. The summed E-state index contributed by atoms with van der Waals surface area (Å²) in [6, 6.07) is 9.13.